The molecule has 3 N–H and O–H groups in total. The van der Waals surface area contributed by atoms with Crippen molar-refractivity contribution in [3.63, 3.8) is 0 Å². The minimum atomic E-state index is -1.05. The Balaban J connectivity index is 3.58. The van der Waals surface area contributed by atoms with Gasteiger partial charge in [0.25, 0.3) is 0 Å². The fourth-order valence-corrected chi connectivity index (χ4v) is 0.433. The topological polar surface area (TPSA) is 60.7 Å². The number of hydrogen-bond donors (Lipinski definition) is 3. The molecule has 0 aliphatic heterocycles. The molecule has 0 aliphatic carbocycles. The van der Waals surface area contributed by atoms with Crippen molar-refractivity contribution in [1.82, 2.24) is 0 Å². The van der Waals surface area contributed by atoms with Crippen molar-refractivity contribution in [3.05, 3.63) is 12.2 Å². The first kappa shape index (κ1) is 8.62. The molecule has 0 aromatic heterocycles. The van der Waals surface area contributed by atoms with Crippen LogP contribution in [-0.2, 0) is 0 Å². The summed E-state index contributed by atoms with van der Waals surface area (Å²) in [6, 6.07) is 0. The van der Waals surface area contributed by atoms with E-state index in [4.69, 9.17) is 15.3 Å². The van der Waals surface area contributed by atoms with Crippen LogP contribution < -0.4 is 0 Å². The summed E-state index contributed by atoms with van der Waals surface area (Å²) >= 11 is 0. The van der Waals surface area contributed by atoms with E-state index in [0.717, 1.165) is 0 Å². The molecule has 0 fully saturated rings. The van der Waals surface area contributed by atoms with E-state index in [2.05, 4.69) is 0 Å². The monoisotopic (exact) mass is 132 g/mol. The second-order valence-electron chi connectivity index (χ2n) is 1.77. The fraction of sp³-hybridized carbons (Fsp3) is 0.667. The second-order valence-corrected chi connectivity index (χ2v) is 1.77. The van der Waals surface area contributed by atoms with Crippen molar-refractivity contribution in [2.45, 2.75) is 19.1 Å². The highest BCUT2D eigenvalue weighted by Crippen LogP contribution is 1.92. The predicted octanol–water partition coefficient (Wildman–Crippen LogP) is -0.723. The molecule has 9 heavy (non-hydrogen) atoms. The van der Waals surface area contributed by atoms with Gasteiger partial charge in [0.2, 0.25) is 0 Å². The summed E-state index contributed by atoms with van der Waals surface area (Å²) in [6.07, 6.45) is 1.03. The first-order valence-electron chi connectivity index (χ1n) is 2.82. The van der Waals surface area contributed by atoms with Crippen LogP contribution >= 0.6 is 0 Å². The van der Waals surface area contributed by atoms with Gasteiger partial charge in [-0.3, -0.25) is 0 Å². The van der Waals surface area contributed by atoms with Crippen LogP contribution in [0.1, 0.15) is 6.92 Å². The number of rotatable bonds is 3. The van der Waals surface area contributed by atoms with Crippen LogP contribution in [0.5, 0.6) is 0 Å². The minimum Gasteiger partial charge on any atom is -0.394 e. The number of hydrogen-bond acceptors (Lipinski definition) is 3. The zero-order chi connectivity index (χ0) is 7.28. The molecule has 3 nitrogen and oxygen atoms in total. The van der Waals surface area contributed by atoms with Crippen LogP contribution in [0.25, 0.3) is 0 Å². The Morgan fingerprint density at radius 1 is 1.44 bits per heavy atom. The Hall–Kier alpha value is -0.380. The lowest BCUT2D eigenvalue weighted by Gasteiger charge is -2.09. The second kappa shape index (κ2) is 4.49. The van der Waals surface area contributed by atoms with Gasteiger partial charge in [-0.15, -0.1) is 0 Å². The summed E-state index contributed by atoms with van der Waals surface area (Å²) in [4.78, 5) is 0. The summed E-state index contributed by atoms with van der Waals surface area (Å²) in [5.74, 6) is 0. The van der Waals surface area contributed by atoms with Gasteiger partial charge in [0.05, 0.1) is 6.61 Å². The quantitative estimate of drug-likeness (QED) is 0.444. The molecule has 0 heterocycles. The normalized spacial score (nSPS) is 18.2. The molecule has 54 valence electrons. The first-order chi connectivity index (χ1) is 4.22. The maximum Gasteiger partial charge on any atom is 0.106 e. The maximum absolute atomic E-state index is 8.82. The van der Waals surface area contributed by atoms with Gasteiger partial charge < -0.3 is 15.3 Å². The van der Waals surface area contributed by atoms with Crippen molar-refractivity contribution in [3.8, 4) is 0 Å². The van der Waals surface area contributed by atoms with Crippen LogP contribution in [0.4, 0.5) is 0 Å². The number of allylic oxidation sites excluding steroid dienone is 1. The molecule has 0 rings (SSSR count). The third-order valence-corrected chi connectivity index (χ3v) is 0.971. The molecule has 0 spiro atoms. The van der Waals surface area contributed by atoms with Gasteiger partial charge in [-0.2, -0.15) is 0 Å². The van der Waals surface area contributed by atoms with Crippen LogP contribution in [0, 0.1) is 0 Å². The highest BCUT2D eigenvalue weighted by atomic mass is 16.4. The number of aliphatic hydroxyl groups excluding tert-OH is 3. The average molecular weight is 132 g/mol. The molecule has 0 aromatic rings. The van der Waals surface area contributed by atoms with Gasteiger partial charge >= 0.3 is 0 Å². The van der Waals surface area contributed by atoms with Gasteiger partial charge in [-0.1, -0.05) is 12.2 Å². The molecule has 3 heteroatoms. The molecule has 0 amide bonds. The molecule has 0 aromatic carbocycles. The van der Waals surface area contributed by atoms with E-state index >= 15 is 0 Å². The molecular weight excluding hydrogens is 120 g/mol. The fourth-order valence-electron chi connectivity index (χ4n) is 0.433. The van der Waals surface area contributed by atoms with Crippen molar-refractivity contribution in [1.29, 1.82) is 0 Å². The largest absolute Gasteiger partial charge is 0.394 e. The van der Waals surface area contributed by atoms with Crippen molar-refractivity contribution in [2.75, 3.05) is 6.61 Å². The van der Waals surface area contributed by atoms with E-state index in [9.17, 15) is 0 Å². The summed E-state index contributed by atoms with van der Waals surface area (Å²) < 4.78 is 0. The summed E-state index contributed by atoms with van der Waals surface area (Å²) in [5, 5.41) is 25.8. The van der Waals surface area contributed by atoms with E-state index < -0.39 is 18.8 Å². The SMILES string of the molecule is C/C=C\[C@H](O)[C@H](O)CO. The lowest BCUT2D eigenvalue weighted by Crippen LogP contribution is -2.27. The Bertz CT molecular complexity index is 90.3. The molecule has 0 saturated carbocycles. The third kappa shape index (κ3) is 3.24. The van der Waals surface area contributed by atoms with Gasteiger partial charge in [-0.25, -0.2) is 0 Å². The van der Waals surface area contributed by atoms with E-state index in [0.29, 0.717) is 0 Å². The van der Waals surface area contributed by atoms with Crippen LogP contribution in [0.15, 0.2) is 12.2 Å². The van der Waals surface area contributed by atoms with Crippen LogP contribution in [0.3, 0.4) is 0 Å². The molecule has 0 unspecified atom stereocenters. The highest BCUT2D eigenvalue weighted by molar-refractivity contribution is 4.89. The summed E-state index contributed by atoms with van der Waals surface area (Å²) in [7, 11) is 0. The molecular formula is C6H12O3. The molecule has 0 bridgehead atoms. The Kier molecular flexibility index (Phi) is 4.30. The third-order valence-electron chi connectivity index (χ3n) is 0.971. The van der Waals surface area contributed by atoms with E-state index in [-0.39, 0.29) is 0 Å². The molecule has 0 aliphatic rings. The lowest BCUT2D eigenvalue weighted by molar-refractivity contribution is 0.00943. The summed E-state index contributed by atoms with van der Waals surface area (Å²) in [5.41, 5.74) is 0. The maximum atomic E-state index is 8.82. The van der Waals surface area contributed by atoms with Gasteiger partial charge in [0.1, 0.15) is 12.2 Å². The van der Waals surface area contributed by atoms with Gasteiger partial charge in [0.15, 0.2) is 0 Å². The standard InChI is InChI=1S/C6H12O3/c1-2-3-5(8)6(9)4-7/h2-3,5-9H,4H2,1H3/b3-2-/t5-,6+/m0/s1. The van der Waals surface area contributed by atoms with E-state index in [1.54, 1.807) is 13.0 Å². The highest BCUT2D eigenvalue weighted by Gasteiger charge is 2.09. The first-order valence-corrected chi connectivity index (χ1v) is 2.82. The molecule has 0 saturated heterocycles. The number of aliphatic hydroxyl groups is 3. The average Bonchev–Trinajstić information content (AvgIpc) is 1.87. The Morgan fingerprint density at radius 3 is 2.33 bits per heavy atom. The zero-order valence-electron chi connectivity index (χ0n) is 5.36. The van der Waals surface area contributed by atoms with Gasteiger partial charge in [-0.05, 0) is 6.92 Å². The van der Waals surface area contributed by atoms with Crippen molar-refractivity contribution < 1.29 is 15.3 Å². The van der Waals surface area contributed by atoms with Crippen LogP contribution in [-0.4, -0.2) is 34.1 Å². The zero-order valence-corrected chi connectivity index (χ0v) is 5.36. The smallest absolute Gasteiger partial charge is 0.106 e. The Labute approximate surface area is 54.3 Å². The molecule has 2 atom stereocenters. The van der Waals surface area contributed by atoms with Gasteiger partial charge in [0, 0.05) is 0 Å². The molecule has 0 radical (unpaired) electrons. The lowest BCUT2D eigenvalue weighted by atomic mass is 10.2. The predicted molar refractivity (Wildman–Crippen MR) is 33.9 cm³/mol. The van der Waals surface area contributed by atoms with Crippen molar-refractivity contribution in [2.24, 2.45) is 0 Å². The van der Waals surface area contributed by atoms with E-state index in [1.165, 1.54) is 6.08 Å². The van der Waals surface area contributed by atoms with Crippen LogP contribution in [0.2, 0.25) is 0 Å². The van der Waals surface area contributed by atoms with E-state index in [1.807, 2.05) is 0 Å². The van der Waals surface area contributed by atoms with Crippen molar-refractivity contribution >= 4 is 0 Å². The summed E-state index contributed by atoms with van der Waals surface area (Å²) in [6.45, 7) is 1.32. The minimum absolute atomic E-state index is 0.411. The Morgan fingerprint density at radius 2 is 2.00 bits per heavy atom.